The second-order valence-corrected chi connectivity index (χ2v) is 5.85. The van der Waals surface area contributed by atoms with Gasteiger partial charge in [-0.1, -0.05) is 6.07 Å². The van der Waals surface area contributed by atoms with E-state index in [9.17, 15) is 4.79 Å². The predicted molar refractivity (Wildman–Crippen MR) is 87.4 cm³/mol. The molecular weight excluding hydrogens is 308 g/mol. The molecular formula is C19H18O5. The molecule has 5 nitrogen and oxygen atoms in total. The monoisotopic (exact) mass is 326 g/mol. The van der Waals surface area contributed by atoms with E-state index in [2.05, 4.69) is 0 Å². The summed E-state index contributed by atoms with van der Waals surface area (Å²) >= 11 is 0. The highest BCUT2D eigenvalue weighted by atomic mass is 16.5. The number of ketones is 1. The van der Waals surface area contributed by atoms with E-state index in [4.69, 9.17) is 18.9 Å². The van der Waals surface area contributed by atoms with E-state index in [1.54, 1.807) is 25.3 Å². The van der Waals surface area contributed by atoms with Crippen molar-refractivity contribution in [3.05, 3.63) is 47.5 Å². The molecule has 1 unspecified atom stereocenters. The maximum absolute atomic E-state index is 12.5. The average Bonchev–Trinajstić information content (AvgIpc) is 2.86. The number of ether oxygens (including phenoxy) is 4. The Morgan fingerprint density at radius 1 is 1.00 bits per heavy atom. The van der Waals surface area contributed by atoms with Crippen LogP contribution in [0.25, 0.3) is 0 Å². The average molecular weight is 326 g/mol. The van der Waals surface area contributed by atoms with E-state index < -0.39 is 0 Å². The smallest absolute Gasteiger partial charge is 0.170 e. The van der Waals surface area contributed by atoms with Crippen LogP contribution in [0.2, 0.25) is 0 Å². The largest absolute Gasteiger partial charge is 0.497 e. The molecule has 124 valence electrons. The van der Waals surface area contributed by atoms with Gasteiger partial charge in [-0.05, 0) is 35.9 Å². The highest BCUT2D eigenvalue weighted by Gasteiger charge is 2.29. The lowest BCUT2D eigenvalue weighted by Crippen LogP contribution is -2.20. The summed E-state index contributed by atoms with van der Waals surface area (Å²) in [5.41, 5.74) is 1.48. The predicted octanol–water partition coefficient (Wildman–Crippen LogP) is 3.56. The van der Waals surface area contributed by atoms with Crippen molar-refractivity contribution in [2.24, 2.45) is 0 Å². The number of Topliss-reactive ketones (excluding diaryl/α,β-unsaturated/α-hetero) is 1. The van der Waals surface area contributed by atoms with Crippen LogP contribution in [0.5, 0.6) is 23.0 Å². The molecule has 2 heterocycles. The van der Waals surface area contributed by atoms with Crippen molar-refractivity contribution < 1.29 is 23.7 Å². The van der Waals surface area contributed by atoms with Gasteiger partial charge in [-0.3, -0.25) is 4.79 Å². The first-order valence-corrected chi connectivity index (χ1v) is 8.02. The van der Waals surface area contributed by atoms with Crippen LogP contribution in [0.3, 0.4) is 0 Å². The van der Waals surface area contributed by atoms with Crippen molar-refractivity contribution in [1.82, 2.24) is 0 Å². The molecule has 4 rings (SSSR count). The second kappa shape index (κ2) is 6.07. The van der Waals surface area contributed by atoms with Crippen LogP contribution < -0.4 is 18.9 Å². The Labute approximate surface area is 140 Å². The Kier molecular flexibility index (Phi) is 3.76. The molecule has 0 bridgehead atoms. The Bertz CT molecular complexity index is 783. The van der Waals surface area contributed by atoms with Crippen LogP contribution in [0.1, 0.15) is 34.9 Å². The highest BCUT2D eigenvalue weighted by Crippen LogP contribution is 2.39. The first-order chi connectivity index (χ1) is 11.7. The lowest BCUT2D eigenvalue weighted by Gasteiger charge is -2.26. The Morgan fingerprint density at radius 2 is 1.79 bits per heavy atom. The van der Waals surface area contributed by atoms with Gasteiger partial charge in [0.1, 0.15) is 17.6 Å². The molecule has 5 heteroatoms. The van der Waals surface area contributed by atoms with Gasteiger partial charge in [0.05, 0.1) is 32.3 Å². The van der Waals surface area contributed by atoms with E-state index in [0.29, 0.717) is 42.4 Å². The van der Waals surface area contributed by atoms with Crippen LogP contribution in [-0.4, -0.2) is 26.1 Å². The van der Waals surface area contributed by atoms with Gasteiger partial charge in [0, 0.05) is 6.42 Å². The molecule has 0 N–H and O–H groups in total. The van der Waals surface area contributed by atoms with Crippen LogP contribution >= 0.6 is 0 Å². The quantitative estimate of drug-likeness (QED) is 0.844. The van der Waals surface area contributed by atoms with Crippen LogP contribution in [0, 0.1) is 0 Å². The Balaban J connectivity index is 1.64. The fourth-order valence-electron chi connectivity index (χ4n) is 3.00. The lowest BCUT2D eigenvalue weighted by atomic mass is 9.96. The number of hydrogen-bond donors (Lipinski definition) is 0. The SMILES string of the molecule is COc1ccc2c(c1)C(=O)CC(c1ccc3c(c1)OCCCO3)O2. The van der Waals surface area contributed by atoms with E-state index in [1.165, 1.54) is 0 Å². The molecule has 0 fully saturated rings. The van der Waals surface area contributed by atoms with Gasteiger partial charge in [-0.2, -0.15) is 0 Å². The summed E-state index contributed by atoms with van der Waals surface area (Å²) in [5.74, 6) is 2.74. The van der Waals surface area contributed by atoms with Crippen LogP contribution in [-0.2, 0) is 0 Å². The summed E-state index contributed by atoms with van der Waals surface area (Å²) in [6.07, 6.45) is 0.827. The summed E-state index contributed by atoms with van der Waals surface area (Å²) in [6.45, 7) is 1.28. The second-order valence-electron chi connectivity index (χ2n) is 5.85. The number of carbonyl (C=O) groups is 1. The number of carbonyl (C=O) groups excluding carboxylic acids is 1. The van der Waals surface area contributed by atoms with E-state index in [-0.39, 0.29) is 11.9 Å². The Morgan fingerprint density at radius 3 is 2.62 bits per heavy atom. The van der Waals surface area contributed by atoms with Gasteiger partial charge in [-0.25, -0.2) is 0 Å². The van der Waals surface area contributed by atoms with Crippen molar-refractivity contribution in [2.45, 2.75) is 18.9 Å². The maximum atomic E-state index is 12.5. The van der Waals surface area contributed by atoms with Gasteiger partial charge >= 0.3 is 0 Å². The molecule has 0 saturated carbocycles. The van der Waals surface area contributed by atoms with Crippen molar-refractivity contribution in [2.75, 3.05) is 20.3 Å². The maximum Gasteiger partial charge on any atom is 0.170 e. The minimum absolute atomic E-state index is 0.0484. The third kappa shape index (κ3) is 2.66. The molecule has 24 heavy (non-hydrogen) atoms. The number of fused-ring (bicyclic) bond motifs is 2. The lowest BCUT2D eigenvalue weighted by molar-refractivity contribution is 0.0849. The fourth-order valence-corrected chi connectivity index (χ4v) is 3.00. The van der Waals surface area contributed by atoms with E-state index in [1.807, 2.05) is 18.2 Å². The standard InChI is InChI=1S/C19H18O5/c1-21-13-4-6-16-14(10-13)15(20)11-18(24-16)12-3-5-17-19(9-12)23-8-2-7-22-17/h3-6,9-10,18H,2,7-8,11H2,1H3. The Hall–Kier alpha value is -2.69. The molecule has 0 saturated heterocycles. The van der Waals surface area contributed by atoms with Crippen molar-refractivity contribution in [1.29, 1.82) is 0 Å². The zero-order chi connectivity index (χ0) is 16.5. The number of rotatable bonds is 2. The van der Waals surface area contributed by atoms with Crippen LogP contribution in [0.4, 0.5) is 0 Å². The van der Waals surface area contributed by atoms with Crippen LogP contribution in [0.15, 0.2) is 36.4 Å². The molecule has 2 aromatic carbocycles. The molecule has 0 spiro atoms. The molecule has 2 aromatic rings. The van der Waals surface area contributed by atoms with Gasteiger partial charge in [-0.15, -0.1) is 0 Å². The summed E-state index contributed by atoms with van der Waals surface area (Å²) in [7, 11) is 1.58. The van der Waals surface area contributed by atoms with E-state index in [0.717, 1.165) is 17.7 Å². The summed E-state index contributed by atoms with van der Waals surface area (Å²) in [4.78, 5) is 12.5. The van der Waals surface area contributed by atoms with E-state index >= 15 is 0 Å². The molecule has 1 atom stereocenters. The molecule has 2 aliphatic rings. The van der Waals surface area contributed by atoms with Crippen molar-refractivity contribution >= 4 is 5.78 Å². The first-order valence-electron chi connectivity index (χ1n) is 8.02. The van der Waals surface area contributed by atoms with Gasteiger partial charge in [0.2, 0.25) is 0 Å². The topological polar surface area (TPSA) is 54.0 Å². The van der Waals surface area contributed by atoms with Gasteiger partial charge < -0.3 is 18.9 Å². The first kappa shape index (κ1) is 14.9. The number of benzene rings is 2. The highest BCUT2D eigenvalue weighted by molar-refractivity contribution is 6.00. The molecule has 0 aromatic heterocycles. The van der Waals surface area contributed by atoms with Crippen molar-refractivity contribution in [3.8, 4) is 23.0 Å². The minimum Gasteiger partial charge on any atom is -0.497 e. The third-order valence-electron chi connectivity index (χ3n) is 4.27. The zero-order valence-electron chi connectivity index (χ0n) is 13.4. The van der Waals surface area contributed by atoms with Crippen molar-refractivity contribution in [3.63, 3.8) is 0 Å². The zero-order valence-corrected chi connectivity index (χ0v) is 13.4. The minimum atomic E-state index is -0.324. The summed E-state index contributed by atoms with van der Waals surface area (Å²) < 4.78 is 22.6. The fraction of sp³-hybridized carbons (Fsp3) is 0.316. The molecule has 0 aliphatic carbocycles. The van der Waals surface area contributed by atoms with Gasteiger partial charge in [0.15, 0.2) is 17.3 Å². The summed E-state index contributed by atoms with van der Waals surface area (Å²) in [5, 5.41) is 0. The van der Waals surface area contributed by atoms with Gasteiger partial charge in [0.25, 0.3) is 0 Å². The number of hydrogen-bond acceptors (Lipinski definition) is 5. The third-order valence-corrected chi connectivity index (χ3v) is 4.27. The summed E-state index contributed by atoms with van der Waals surface area (Å²) in [6, 6.07) is 11.0. The normalized spacial score (nSPS) is 19.0. The molecule has 2 aliphatic heterocycles. The molecule has 0 radical (unpaired) electrons. The number of methoxy groups -OCH3 is 1. The molecule has 0 amide bonds.